The maximum absolute atomic E-state index is 11.1. The number of fused-ring (bicyclic) bond motifs is 1. The Hall–Kier alpha value is -1.36. The Kier molecular flexibility index (Phi) is 5.17. The minimum absolute atomic E-state index is 0.180. The van der Waals surface area contributed by atoms with Crippen LogP contribution in [0.25, 0.3) is 0 Å². The van der Waals surface area contributed by atoms with Gasteiger partial charge in [-0.3, -0.25) is 9.58 Å². The van der Waals surface area contributed by atoms with Crippen LogP contribution in [-0.4, -0.2) is 38.8 Å². The van der Waals surface area contributed by atoms with Gasteiger partial charge in [0.05, 0.1) is 11.7 Å². The van der Waals surface area contributed by atoms with Crippen LogP contribution in [0, 0.1) is 0 Å². The zero-order chi connectivity index (χ0) is 14.5. The van der Waals surface area contributed by atoms with Gasteiger partial charge in [-0.1, -0.05) is 13.8 Å². The van der Waals surface area contributed by atoms with Gasteiger partial charge in [0.15, 0.2) is 5.69 Å². The molecule has 2 rings (SSSR count). The van der Waals surface area contributed by atoms with Crippen molar-refractivity contribution in [3.05, 3.63) is 17.5 Å². The van der Waals surface area contributed by atoms with E-state index in [0.717, 1.165) is 51.0 Å². The predicted molar refractivity (Wildman–Crippen MR) is 77.9 cm³/mol. The zero-order valence-corrected chi connectivity index (χ0v) is 12.5. The summed E-state index contributed by atoms with van der Waals surface area (Å²) in [6.45, 7) is 7.35. The fourth-order valence-corrected chi connectivity index (χ4v) is 3.10. The largest absolute Gasteiger partial charge is 0.476 e. The molecular weight excluding hydrogens is 254 g/mol. The number of rotatable bonds is 6. The van der Waals surface area contributed by atoms with Crippen LogP contribution in [-0.2, 0) is 6.54 Å². The van der Waals surface area contributed by atoms with Gasteiger partial charge in [0.2, 0.25) is 0 Å². The van der Waals surface area contributed by atoms with E-state index in [9.17, 15) is 4.79 Å². The van der Waals surface area contributed by atoms with Gasteiger partial charge in [-0.15, -0.1) is 0 Å². The molecule has 5 nitrogen and oxygen atoms in total. The number of hydrogen-bond donors (Lipinski definition) is 1. The van der Waals surface area contributed by atoms with Crippen molar-refractivity contribution in [2.75, 3.05) is 13.1 Å². The average molecular weight is 279 g/mol. The van der Waals surface area contributed by atoms with Gasteiger partial charge in [-0.05, 0) is 51.3 Å². The van der Waals surface area contributed by atoms with Gasteiger partial charge < -0.3 is 5.11 Å². The van der Waals surface area contributed by atoms with Crippen LogP contribution in [0.15, 0.2) is 6.07 Å². The van der Waals surface area contributed by atoms with Crippen molar-refractivity contribution in [2.24, 2.45) is 0 Å². The fourth-order valence-electron chi connectivity index (χ4n) is 3.10. The summed E-state index contributed by atoms with van der Waals surface area (Å²) in [7, 11) is 0. The molecule has 1 atom stereocenters. The number of nitrogens with zero attached hydrogens (tertiary/aromatic N) is 3. The normalized spacial score (nSPS) is 18.9. The van der Waals surface area contributed by atoms with Crippen molar-refractivity contribution in [2.45, 2.75) is 58.5 Å². The maximum Gasteiger partial charge on any atom is 0.356 e. The van der Waals surface area contributed by atoms with Gasteiger partial charge in [0, 0.05) is 6.54 Å². The Morgan fingerprint density at radius 1 is 1.40 bits per heavy atom. The summed E-state index contributed by atoms with van der Waals surface area (Å²) in [4.78, 5) is 13.6. The van der Waals surface area contributed by atoms with E-state index >= 15 is 0 Å². The number of carbonyl (C=O) groups is 1. The molecule has 0 aliphatic carbocycles. The number of aryl methyl sites for hydroxylation is 1. The SMILES string of the molecule is CCCN(CCC)C1CCCCn2nc(C(=O)O)cc21. The molecule has 1 aliphatic rings. The third kappa shape index (κ3) is 3.20. The van der Waals surface area contributed by atoms with E-state index in [1.807, 2.05) is 4.68 Å². The van der Waals surface area contributed by atoms with Gasteiger partial charge in [0.25, 0.3) is 0 Å². The van der Waals surface area contributed by atoms with Crippen LogP contribution in [0.3, 0.4) is 0 Å². The summed E-state index contributed by atoms with van der Waals surface area (Å²) in [6, 6.07) is 2.09. The van der Waals surface area contributed by atoms with E-state index in [4.69, 9.17) is 5.11 Å². The van der Waals surface area contributed by atoms with E-state index in [0.29, 0.717) is 6.04 Å². The van der Waals surface area contributed by atoms with Gasteiger partial charge in [0.1, 0.15) is 0 Å². The first kappa shape index (κ1) is 15.0. The molecule has 0 amide bonds. The Bertz CT molecular complexity index is 450. The van der Waals surface area contributed by atoms with E-state index in [-0.39, 0.29) is 5.69 Å². The summed E-state index contributed by atoms with van der Waals surface area (Å²) < 4.78 is 1.92. The molecule has 1 unspecified atom stereocenters. The molecule has 0 radical (unpaired) electrons. The highest BCUT2D eigenvalue weighted by Gasteiger charge is 2.27. The molecule has 0 saturated carbocycles. The highest BCUT2D eigenvalue weighted by atomic mass is 16.4. The third-order valence-corrected chi connectivity index (χ3v) is 3.93. The van der Waals surface area contributed by atoms with Gasteiger partial charge in [-0.2, -0.15) is 5.10 Å². The Morgan fingerprint density at radius 3 is 2.70 bits per heavy atom. The second kappa shape index (κ2) is 6.88. The Morgan fingerprint density at radius 2 is 2.10 bits per heavy atom. The molecule has 5 heteroatoms. The number of hydrogen-bond acceptors (Lipinski definition) is 3. The molecular formula is C15H25N3O2. The summed E-state index contributed by atoms with van der Waals surface area (Å²) in [5, 5.41) is 13.4. The third-order valence-electron chi connectivity index (χ3n) is 3.93. The van der Waals surface area contributed by atoms with Crippen molar-refractivity contribution in [3.8, 4) is 0 Å². The van der Waals surface area contributed by atoms with Gasteiger partial charge in [-0.25, -0.2) is 4.79 Å². The summed E-state index contributed by atoms with van der Waals surface area (Å²) >= 11 is 0. The second-order valence-corrected chi connectivity index (χ2v) is 5.53. The van der Waals surface area contributed by atoms with Crippen LogP contribution in [0.2, 0.25) is 0 Å². The van der Waals surface area contributed by atoms with Crippen LogP contribution in [0.5, 0.6) is 0 Å². The molecule has 112 valence electrons. The zero-order valence-electron chi connectivity index (χ0n) is 12.5. The van der Waals surface area contributed by atoms with Crippen LogP contribution in [0.4, 0.5) is 0 Å². The lowest BCUT2D eigenvalue weighted by Gasteiger charge is -2.30. The predicted octanol–water partition coefficient (Wildman–Crippen LogP) is 2.93. The van der Waals surface area contributed by atoms with Crippen molar-refractivity contribution in [1.82, 2.24) is 14.7 Å². The number of aromatic carboxylic acids is 1. The number of aromatic nitrogens is 2. The second-order valence-electron chi connectivity index (χ2n) is 5.53. The lowest BCUT2D eigenvalue weighted by molar-refractivity contribution is 0.0689. The standard InChI is InChI=1S/C15H25N3O2/c1-3-8-17(9-4-2)13-7-5-6-10-18-14(13)11-12(16-18)15(19)20/h11,13H,3-10H2,1-2H3,(H,19,20). The minimum atomic E-state index is -0.929. The van der Waals surface area contributed by atoms with E-state index in [1.54, 1.807) is 6.07 Å². The lowest BCUT2D eigenvalue weighted by Crippen LogP contribution is -2.31. The quantitative estimate of drug-likeness (QED) is 0.870. The van der Waals surface area contributed by atoms with Crippen LogP contribution < -0.4 is 0 Å². The maximum atomic E-state index is 11.1. The molecule has 2 heterocycles. The smallest absolute Gasteiger partial charge is 0.356 e. The Balaban J connectivity index is 2.31. The first-order valence-corrected chi connectivity index (χ1v) is 7.72. The average Bonchev–Trinajstić information content (AvgIpc) is 2.74. The molecule has 1 aliphatic heterocycles. The highest BCUT2D eigenvalue weighted by molar-refractivity contribution is 5.85. The molecule has 1 aromatic rings. The fraction of sp³-hybridized carbons (Fsp3) is 0.733. The molecule has 20 heavy (non-hydrogen) atoms. The van der Waals surface area contributed by atoms with E-state index < -0.39 is 5.97 Å². The van der Waals surface area contributed by atoms with Crippen LogP contribution in [0.1, 0.15) is 68.2 Å². The summed E-state index contributed by atoms with van der Waals surface area (Å²) in [5.41, 5.74) is 1.27. The van der Waals surface area contributed by atoms with Crippen LogP contribution >= 0.6 is 0 Å². The molecule has 0 aromatic carbocycles. The van der Waals surface area contributed by atoms with Crippen molar-refractivity contribution in [3.63, 3.8) is 0 Å². The molecule has 1 aromatic heterocycles. The summed E-state index contributed by atoms with van der Waals surface area (Å²) in [5.74, 6) is -0.929. The first-order chi connectivity index (χ1) is 9.67. The molecule has 0 saturated heterocycles. The lowest BCUT2D eigenvalue weighted by atomic mass is 10.0. The van der Waals surface area contributed by atoms with E-state index in [2.05, 4.69) is 23.8 Å². The van der Waals surface area contributed by atoms with Crippen molar-refractivity contribution in [1.29, 1.82) is 0 Å². The van der Waals surface area contributed by atoms with Gasteiger partial charge >= 0.3 is 5.97 Å². The van der Waals surface area contributed by atoms with Crippen molar-refractivity contribution < 1.29 is 9.90 Å². The monoisotopic (exact) mass is 279 g/mol. The molecule has 0 fully saturated rings. The minimum Gasteiger partial charge on any atom is -0.476 e. The molecule has 0 bridgehead atoms. The topological polar surface area (TPSA) is 58.4 Å². The molecule has 1 N–H and O–H groups in total. The van der Waals surface area contributed by atoms with E-state index in [1.165, 1.54) is 6.42 Å². The first-order valence-electron chi connectivity index (χ1n) is 7.72. The van der Waals surface area contributed by atoms with Crippen molar-refractivity contribution >= 4 is 5.97 Å². The Labute approximate surface area is 120 Å². The summed E-state index contributed by atoms with van der Waals surface area (Å²) in [6.07, 6.45) is 5.61. The number of carboxylic acids is 1. The molecule has 0 spiro atoms. The highest BCUT2D eigenvalue weighted by Crippen LogP contribution is 2.30. The number of carboxylic acid groups (broad SMARTS) is 1.